The average molecular weight is 451 g/mol. The third kappa shape index (κ3) is 4.84. The number of aryl methyl sites for hydroxylation is 1. The quantitative estimate of drug-likeness (QED) is 0.703. The lowest BCUT2D eigenvalue weighted by Crippen LogP contribution is -2.57. The highest BCUT2D eigenvalue weighted by atomic mass is 19.4. The summed E-state index contributed by atoms with van der Waals surface area (Å²) in [5.41, 5.74) is -3.05. The van der Waals surface area contributed by atoms with Crippen LogP contribution >= 0.6 is 0 Å². The first-order valence-corrected chi connectivity index (χ1v) is 10.4. The number of alkyl halides is 3. The van der Waals surface area contributed by atoms with Gasteiger partial charge in [-0.25, -0.2) is 9.48 Å². The standard InChI is InChI=1S/C22H24F3N3O4/c1-3-32-20(31)21(10-5-4-6-11-21)26-19(30)18-17(29)12-14(2)28(27-18)16-9-7-8-15(13-16)22(23,24)25/h7-9,12-13H,3-6,10-11H2,1-2H3,(H,26,30). The normalized spacial score (nSPS) is 15.8. The van der Waals surface area contributed by atoms with Crippen molar-refractivity contribution in [1.29, 1.82) is 0 Å². The van der Waals surface area contributed by atoms with Crippen LogP contribution in [0.2, 0.25) is 0 Å². The zero-order chi connectivity index (χ0) is 23.5. The molecular formula is C22H24F3N3O4. The van der Waals surface area contributed by atoms with Crippen LogP contribution in [0.25, 0.3) is 5.69 Å². The van der Waals surface area contributed by atoms with Gasteiger partial charge in [-0.15, -0.1) is 0 Å². The Bertz CT molecular complexity index is 1070. The van der Waals surface area contributed by atoms with E-state index in [4.69, 9.17) is 4.74 Å². The number of hydrogen-bond acceptors (Lipinski definition) is 5. The monoisotopic (exact) mass is 451 g/mol. The molecule has 0 atom stereocenters. The maximum Gasteiger partial charge on any atom is 0.416 e. The van der Waals surface area contributed by atoms with Gasteiger partial charge in [0.05, 0.1) is 17.9 Å². The molecule has 1 aliphatic carbocycles. The summed E-state index contributed by atoms with van der Waals surface area (Å²) in [5, 5.41) is 6.68. The molecule has 2 aromatic rings. The van der Waals surface area contributed by atoms with Gasteiger partial charge in [-0.05, 0) is 44.9 Å². The van der Waals surface area contributed by atoms with Crippen LogP contribution in [0.3, 0.4) is 0 Å². The topological polar surface area (TPSA) is 90.3 Å². The maximum absolute atomic E-state index is 13.1. The summed E-state index contributed by atoms with van der Waals surface area (Å²) < 4.78 is 45.6. The molecule has 0 saturated heterocycles. The molecule has 7 nitrogen and oxygen atoms in total. The molecule has 1 aliphatic rings. The number of benzene rings is 1. The highest BCUT2D eigenvalue weighted by Crippen LogP contribution is 2.31. The van der Waals surface area contributed by atoms with Crippen LogP contribution in [0.1, 0.15) is 60.8 Å². The van der Waals surface area contributed by atoms with Gasteiger partial charge in [0.15, 0.2) is 5.69 Å². The smallest absolute Gasteiger partial charge is 0.416 e. The summed E-state index contributed by atoms with van der Waals surface area (Å²) in [7, 11) is 0. The first-order valence-electron chi connectivity index (χ1n) is 10.4. The van der Waals surface area contributed by atoms with Gasteiger partial charge >= 0.3 is 12.1 Å². The number of carbonyl (C=O) groups excluding carboxylic acids is 2. The number of esters is 1. The lowest BCUT2D eigenvalue weighted by molar-refractivity contribution is -0.152. The summed E-state index contributed by atoms with van der Waals surface area (Å²) in [5.74, 6) is -1.44. The highest BCUT2D eigenvalue weighted by molar-refractivity contribution is 5.96. The van der Waals surface area contributed by atoms with E-state index in [1.807, 2.05) is 0 Å². The van der Waals surface area contributed by atoms with Gasteiger partial charge in [-0.3, -0.25) is 9.59 Å². The molecule has 10 heteroatoms. The Labute approximate surface area is 182 Å². The Hall–Kier alpha value is -3.17. The van der Waals surface area contributed by atoms with E-state index >= 15 is 0 Å². The number of carbonyl (C=O) groups is 2. The number of nitrogens with one attached hydrogen (secondary N) is 1. The highest BCUT2D eigenvalue weighted by Gasteiger charge is 2.43. The summed E-state index contributed by atoms with van der Waals surface area (Å²) in [6.45, 7) is 3.30. The van der Waals surface area contributed by atoms with Crippen LogP contribution in [0, 0.1) is 6.92 Å². The molecule has 0 radical (unpaired) electrons. The minimum atomic E-state index is -4.56. The fourth-order valence-corrected chi connectivity index (χ4v) is 3.86. The zero-order valence-corrected chi connectivity index (χ0v) is 17.8. The Morgan fingerprint density at radius 1 is 1.19 bits per heavy atom. The molecule has 0 spiro atoms. The van der Waals surface area contributed by atoms with Crippen LogP contribution in [0.15, 0.2) is 35.1 Å². The van der Waals surface area contributed by atoms with E-state index in [0.29, 0.717) is 25.7 Å². The van der Waals surface area contributed by atoms with Crippen LogP contribution in [-0.2, 0) is 15.7 Å². The minimum absolute atomic E-state index is 0.0455. The fraction of sp³-hybridized carbons (Fsp3) is 0.455. The molecule has 1 N–H and O–H groups in total. The number of hydrogen-bond donors (Lipinski definition) is 1. The Morgan fingerprint density at radius 2 is 1.88 bits per heavy atom. The van der Waals surface area contributed by atoms with Crippen molar-refractivity contribution in [1.82, 2.24) is 15.1 Å². The number of rotatable bonds is 5. The number of halogens is 3. The van der Waals surface area contributed by atoms with Crippen molar-refractivity contribution >= 4 is 11.9 Å². The summed E-state index contributed by atoms with van der Waals surface area (Å²) in [4.78, 5) is 38.1. The molecule has 0 unspecified atom stereocenters. The van der Waals surface area contributed by atoms with Crippen LogP contribution in [-0.4, -0.2) is 33.8 Å². The van der Waals surface area contributed by atoms with E-state index in [9.17, 15) is 27.6 Å². The van der Waals surface area contributed by atoms with Gasteiger partial charge in [-0.1, -0.05) is 25.3 Å². The van der Waals surface area contributed by atoms with Crippen molar-refractivity contribution < 1.29 is 27.5 Å². The van der Waals surface area contributed by atoms with E-state index in [1.54, 1.807) is 6.92 Å². The van der Waals surface area contributed by atoms with Crippen LogP contribution < -0.4 is 10.7 Å². The molecule has 1 amide bonds. The van der Waals surface area contributed by atoms with Crippen molar-refractivity contribution in [2.24, 2.45) is 0 Å². The molecule has 172 valence electrons. The zero-order valence-electron chi connectivity index (χ0n) is 17.8. The van der Waals surface area contributed by atoms with Crippen molar-refractivity contribution in [2.45, 2.75) is 57.7 Å². The molecule has 1 aromatic heterocycles. The van der Waals surface area contributed by atoms with Gasteiger partial charge in [0.2, 0.25) is 5.43 Å². The molecule has 1 aromatic carbocycles. The Balaban J connectivity index is 1.99. The number of ether oxygens (including phenoxy) is 1. The third-order valence-corrected chi connectivity index (χ3v) is 5.47. The minimum Gasteiger partial charge on any atom is -0.464 e. The molecular weight excluding hydrogens is 427 g/mol. The fourth-order valence-electron chi connectivity index (χ4n) is 3.86. The van der Waals surface area contributed by atoms with Crippen molar-refractivity contribution in [3.05, 3.63) is 57.5 Å². The first-order chi connectivity index (χ1) is 15.1. The number of amides is 1. The predicted octanol–water partition coefficient (Wildman–Crippen LogP) is 3.56. The summed E-state index contributed by atoms with van der Waals surface area (Å²) in [6.07, 6.45) is -1.52. The second-order valence-corrected chi connectivity index (χ2v) is 7.78. The predicted molar refractivity (Wildman–Crippen MR) is 109 cm³/mol. The molecule has 1 saturated carbocycles. The number of aromatic nitrogens is 2. The largest absolute Gasteiger partial charge is 0.464 e. The van der Waals surface area contributed by atoms with Crippen LogP contribution in [0.5, 0.6) is 0 Å². The lowest BCUT2D eigenvalue weighted by atomic mass is 9.81. The maximum atomic E-state index is 13.1. The number of nitrogens with zero attached hydrogens (tertiary/aromatic N) is 2. The lowest BCUT2D eigenvalue weighted by Gasteiger charge is -2.35. The Morgan fingerprint density at radius 3 is 2.50 bits per heavy atom. The second kappa shape index (κ2) is 9.13. The first kappa shape index (κ1) is 23.5. The molecule has 1 heterocycles. The molecule has 1 fully saturated rings. The molecule has 0 aliphatic heterocycles. The Kier molecular flexibility index (Phi) is 6.71. The SMILES string of the molecule is CCOC(=O)C1(NC(=O)c2nn(-c3cccc(C(F)(F)F)c3)c(C)cc2=O)CCCCC1. The summed E-state index contributed by atoms with van der Waals surface area (Å²) in [6, 6.07) is 5.53. The van der Waals surface area contributed by atoms with E-state index in [-0.39, 0.29) is 18.0 Å². The van der Waals surface area contributed by atoms with Crippen molar-refractivity contribution in [2.75, 3.05) is 6.61 Å². The van der Waals surface area contributed by atoms with E-state index < -0.39 is 40.3 Å². The summed E-state index contributed by atoms with van der Waals surface area (Å²) >= 11 is 0. The van der Waals surface area contributed by atoms with Crippen LogP contribution in [0.4, 0.5) is 13.2 Å². The van der Waals surface area contributed by atoms with Gasteiger partial charge in [0.25, 0.3) is 5.91 Å². The van der Waals surface area contributed by atoms with Crippen molar-refractivity contribution in [3.8, 4) is 5.69 Å². The van der Waals surface area contributed by atoms with Crippen molar-refractivity contribution in [3.63, 3.8) is 0 Å². The van der Waals surface area contributed by atoms with Gasteiger partial charge in [-0.2, -0.15) is 18.3 Å². The molecule has 32 heavy (non-hydrogen) atoms. The van der Waals surface area contributed by atoms with E-state index in [2.05, 4.69) is 10.4 Å². The van der Waals surface area contributed by atoms with Gasteiger partial charge < -0.3 is 10.1 Å². The second-order valence-electron chi connectivity index (χ2n) is 7.78. The average Bonchev–Trinajstić information content (AvgIpc) is 2.74. The molecule has 3 rings (SSSR count). The van der Waals surface area contributed by atoms with E-state index in [1.165, 1.54) is 19.1 Å². The molecule has 0 bridgehead atoms. The van der Waals surface area contributed by atoms with Gasteiger partial charge in [0, 0.05) is 11.8 Å². The van der Waals surface area contributed by atoms with E-state index in [0.717, 1.165) is 29.3 Å². The van der Waals surface area contributed by atoms with Gasteiger partial charge in [0.1, 0.15) is 5.54 Å². The third-order valence-electron chi connectivity index (χ3n) is 5.47.